The minimum atomic E-state index is -0.416. The Hall–Kier alpha value is -1.45. The van der Waals surface area contributed by atoms with Gasteiger partial charge >= 0.3 is 0 Å². The second-order valence-corrected chi connectivity index (χ2v) is 4.66. The third kappa shape index (κ3) is 3.28. The van der Waals surface area contributed by atoms with E-state index in [1.165, 1.54) is 18.2 Å². The molecule has 0 radical (unpaired) electrons. The summed E-state index contributed by atoms with van der Waals surface area (Å²) in [4.78, 5) is 0. The zero-order valence-corrected chi connectivity index (χ0v) is 10.8. The first kappa shape index (κ1) is 13.0. The molecule has 0 aliphatic rings. The second-order valence-electron chi connectivity index (χ2n) is 3.78. The topological polar surface area (TPSA) is 32.3 Å². The van der Waals surface area contributed by atoms with Crippen LogP contribution in [0.25, 0.3) is 0 Å². The molecule has 0 aromatic heterocycles. The molecule has 0 aliphatic heterocycles. The summed E-state index contributed by atoms with van der Waals surface area (Å²) < 4.78 is 13.1. The number of rotatable bonds is 3. The summed E-state index contributed by atoms with van der Waals surface area (Å²) in [6.45, 7) is 0.326. The van der Waals surface area contributed by atoms with E-state index >= 15 is 0 Å². The van der Waals surface area contributed by atoms with Gasteiger partial charge in [0.05, 0.1) is 0 Å². The maximum Gasteiger partial charge on any atom is 0.126 e. The van der Waals surface area contributed by atoms with Crippen molar-refractivity contribution in [2.75, 3.05) is 5.32 Å². The number of hydrogen-bond acceptors (Lipinski definition) is 2. The van der Waals surface area contributed by atoms with Crippen LogP contribution in [0.4, 0.5) is 10.1 Å². The molecule has 2 N–H and O–H groups in total. The van der Waals surface area contributed by atoms with Crippen LogP contribution in [0.15, 0.2) is 36.4 Å². The Morgan fingerprint density at radius 3 is 2.56 bits per heavy atom. The smallest absolute Gasteiger partial charge is 0.126 e. The molecule has 0 amide bonds. The molecule has 5 heteroatoms. The van der Waals surface area contributed by atoms with E-state index in [4.69, 9.17) is 23.2 Å². The van der Waals surface area contributed by atoms with Crippen LogP contribution >= 0.6 is 23.2 Å². The molecule has 0 heterocycles. The van der Waals surface area contributed by atoms with Crippen molar-refractivity contribution in [3.8, 4) is 5.75 Å². The van der Waals surface area contributed by atoms with Gasteiger partial charge < -0.3 is 10.4 Å². The largest absolute Gasteiger partial charge is 0.508 e. The van der Waals surface area contributed by atoms with Gasteiger partial charge in [-0.15, -0.1) is 0 Å². The molecule has 0 saturated carbocycles. The van der Waals surface area contributed by atoms with Crippen molar-refractivity contribution in [2.24, 2.45) is 0 Å². The highest BCUT2D eigenvalue weighted by Crippen LogP contribution is 2.23. The Kier molecular flexibility index (Phi) is 3.94. The van der Waals surface area contributed by atoms with Gasteiger partial charge in [-0.3, -0.25) is 0 Å². The van der Waals surface area contributed by atoms with Crippen LogP contribution in [-0.2, 0) is 6.54 Å². The molecule has 0 fully saturated rings. The first-order valence-corrected chi connectivity index (χ1v) is 5.97. The van der Waals surface area contributed by atoms with Crippen LogP contribution in [0.3, 0.4) is 0 Å². The fourth-order valence-electron chi connectivity index (χ4n) is 1.55. The summed E-state index contributed by atoms with van der Waals surface area (Å²) in [5.74, 6) is -0.283. The molecule has 2 aromatic carbocycles. The second kappa shape index (κ2) is 5.46. The van der Waals surface area contributed by atoms with Crippen molar-refractivity contribution in [1.29, 1.82) is 0 Å². The van der Waals surface area contributed by atoms with Gasteiger partial charge in [0.2, 0.25) is 0 Å². The minimum absolute atomic E-state index is 0.134. The highest BCUT2D eigenvalue weighted by Gasteiger charge is 2.03. The van der Waals surface area contributed by atoms with Gasteiger partial charge in [-0.1, -0.05) is 23.2 Å². The third-order valence-corrected chi connectivity index (χ3v) is 2.84. The van der Waals surface area contributed by atoms with E-state index in [2.05, 4.69) is 5.32 Å². The van der Waals surface area contributed by atoms with Gasteiger partial charge in [-0.25, -0.2) is 4.39 Å². The van der Waals surface area contributed by atoms with Crippen LogP contribution < -0.4 is 5.32 Å². The van der Waals surface area contributed by atoms with E-state index < -0.39 is 5.82 Å². The zero-order valence-electron chi connectivity index (χ0n) is 9.25. The average Bonchev–Trinajstić information content (AvgIpc) is 2.29. The molecule has 18 heavy (non-hydrogen) atoms. The predicted molar refractivity (Wildman–Crippen MR) is 71.9 cm³/mol. The maximum absolute atomic E-state index is 13.1. The van der Waals surface area contributed by atoms with Crippen LogP contribution in [0, 0.1) is 5.82 Å². The van der Waals surface area contributed by atoms with E-state index in [0.717, 1.165) is 0 Å². The maximum atomic E-state index is 13.1. The molecule has 2 rings (SSSR count). The third-order valence-electron chi connectivity index (χ3n) is 2.39. The van der Waals surface area contributed by atoms with Crippen molar-refractivity contribution >= 4 is 28.9 Å². The van der Waals surface area contributed by atoms with Gasteiger partial charge in [-0.2, -0.15) is 0 Å². The number of nitrogens with one attached hydrogen (secondary N) is 1. The minimum Gasteiger partial charge on any atom is -0.508 e. The van der Waals surface area contributed by atoms with E-state index in [-0.39, 0.29) is 5.75 Å². The number of hydrogen-bond donors (Lipinski definition) is 2. The lowest BCUT2D eigenvalue weighted by Gasteiger charge is -2.09. The van der Waals surface area contributed by atoms with E-state index in [1.54, 1.807) is 18.2 Å². The van der Waals surface area contributed by atoms with Gasteiger partial charge in [0, 0.05) is 27.8 Å². The summed E-state index contributed by atoms with van der Waals surface area (Å²) in [6.07, 6.45) is 0. The molecule has 0 atom stereocenters. The Labute approximate surface area is 114 Å². The van der Waals surface area contributed by atoms with E-state index in [1.807, 2.05) is 0 Å². The number of phenols is 1. The molecular formula is C13H10Cl2FNO. The molecule has 0 saturated heterocycles. The SMILES string of the molecule is Oc1ccc(Cl)cc1CNc1cc(F)cc(Cl)c1. The molecule has 0 aliphatic carbocycles. The summed E-state index contributed by atoms with van der Waals surface area (Å²) in [5, 5.41) is 13.4. The highest BCUT2D eigenvalue weighted by atomic mass is 35.5. The Morgan fingerprint density at radius 1 is 1.06 bits per heavy atom. The quantitative estimate of drug-likeness (QED) is 0.873. The Bertz CT molecular complexity index is 555. The van der Waals surface area contributed by atoms with Gasteiger partial charge in [0.15, 0.2) is 0 Å². The van der Waals surface area contributed by atoms with Gasteiger partial charge in [0.25, 0.3) is 0 Å². The summed E-state index contributed by atoms with van der Waals surface area (Å²) >= 11 is 11.6. The van der Waals surface area contributed by atoms with Crippen LogP contribution in [0.5, 0.6) is 5.75 Å². The molecule has 94 valence electrons. The number of halogens is 3. The molecular weight excluding hydrogens is 276 g/mol. The van der Waals surface area contributed by atoms with Crippen molar-refractivity contribution in [1.82, 2.24) is 0 Å². The average molecular weight is 286 g/mol. The fraction of sp³-hybridized carbons (Fsp3) is 0.0769. The first-order valence-electron chi connectivity index (χ1n) is 5.22. The van der Waals surface area contributed by atoms with Crippen molar-refractivity contribution in [2.45, 2.75) is 6.54 Å². The van der Waals surface area contributed by atoms with Crippen molar-refractivity contribution < 1.29 is 9.50 Å². The van der Waals surface area contributed by atoms with Crippen LogP contribution in [0.2, 0.25) is 10.0 Å². The lowest BCUT2D eigenvalue weighted by molar-refractivity contribution is 0.469. The van der Waals surface area contributed by atoms with Crippen LogP contribution in [0.1, 0.15) is 5.56 Å². The summed E-state index contributed by atoms with van der Waals surface area (Å²) in [5.41, 5.74) is 1.17. The first-order chi connectivity index (χ1) is 8.54. The molecule has 2 aromatic rings. The molecule has 0 unspecified atom stereocenters. The van der Waals surface area contributed by atoms with E-state index in [0.29, 0.717) is 27.8 Å². The monoisotopic (exact) mass is 285 g/mol. The number of aromatic hydroxyl groups is 1. The standard InChI is InChI=1S/C13H10Cl2FNO/c14-9-1-2-13(18)8(3-9)7-17-12-5-10(15)4-11(16)6-12/h1-6,17-18H,7H2. The van der Waals surface area contributed by atoms with Gasteiger partial charge in [0.1, 0.15) is 11.6 Å². The molecule has 0 spiro atoms. The lowest BCUT2D eigenvalue weighted by Crippen LogP contribution is -2.00. The fourth-order valence-corrected chi connectivity index (χ4v) is 1.97. The summed E-state index contributed by atoms with van der Waals surface area (Å²) in [6, 6.07) is 8.91. The Balaban J connectivity index is 2.13. The zero-order chi connectivity index (χ0) is 13.1. The normalized spacial score (nSPS) is 10.4. The Morgan fingerprint density at radius 2 is 1.83 bits per heavy atom. The number of benzene rings is 2. The van der Waals surface area contributed by atoms with Crippen LogP contribution in [-0.4, -0.2) is 5.11 Å². The van der Waals surface area contributed by atoms with Crippen molar-refractivity contribution in [3.05, 3.63) is 57.8 Å². The van der Waals surface area contributed by atoms with E-state index in [9.17, 15) is 9.50 Å². The summed E-state index contributed by atoms with van der Waals surface area (Å²) in [7, 11) is 0. The van der Waals surface area contributed by atoms with Crippen molar-refractivity contribution in [3.63, 3.8) is 0 Å². The number of anilines is 1. The lowest BCUT2D eigenvalue weighted by atomic mass is 10.2. The number of phenolic OH excluding ortho intramolecular Hbond substituents is 1. The highest BCUT2D eigenvalue weighted by molar-refractivity contribution is 6.31. The van der Waals surface area contributed by atoms with Gasteiger partial charge in [-0.05, 0) is 36.4 Å². The molecule has 2 nitrogen and oxygen atoms in total. The molecule has 0 bridgehead atoms. The predicted octanol–water partition coefficient (Wildman–Crippen LogP) is 4.45.